The normalized spacial score (nSPS) is 11.8. The van der Waals surface area contributed by atoms with E-state index in [1.54, 1.807) is 6.07 Å². The Morgan fingerprint density at radius 2 is 1.94 bits per heavy atom. The van der Waals surface area contributed by atoms with Gasteiger partial charge in [-0.25, -0.2) is 4.98 Å². The fourth-order valence-electron chi connectivity index (χ4n) is 1.64. The van der Waals surface area contributed by atoms with Gasteiger partial charge in [-0.2, -0.15) is 13.2 Å². The van der Waals surface area contributed by atoms with Gasteiger partial charge in [-0.3, -0.25) is 0 Å². The van der Waals surface area contributed by atoms with E-state index in [9.17, 15) is 13.2 Å². The average Bonchev–Trinajstić information content (AvgIpc) is 2.76. The van der Waals surface area contributed by atoms with Gasteiger partial charge in [-0.15, -0.1) is 0 Å². The Morgan fingerprint density at radius 3 is 2.56 bits per heavy atom. The Kier molecular flexibility index (Phi) is 3.38. The van der Waals surface area contributed by atoms with Crippen molar-refractivity contribution in [1.29, 1.82) is 0 Å². The summed E-state index contributed by atoms with van der Waals surface area (Å²) in [6, 6.07) is 5.36. The SMILES string of the molecule is NCc1cnc(Cc2ccccc2C(F)(F)F)o1. The number of hydrogen-bond acceptors (Lipinski definition) is 3. The molecule has 1 aromatic carbocycles. The van der Waals surface area contributed by atoms with Crippen LogP contribution in [0.3, 0.4) is 0 Å². The zero-order valence-corrected chi connectivity index (χ0v) is 9.37. The summed E-state index contributed by atoms with van der Waals surface area (Å²) >= 11 is 0. The molecular weight excluding hydrogens is 245 g/mol. The molecule has 0 unspecified atom stereocenters. The first-order chi connectivity index (χ1) is 8.50. The summed E-state index contributed by atoms with van der Waals surface area (Å²) in [4.78, 5) is 3.89. The topological polar surface area (TPSA) is 52.0 Å². The number of oxazole rings is 1. The molecule has 0 bridgehead atoms. The first-order valence-electron chi connectivity index (χ1n) is 5.29. The van der Waals surface area contributed by atoms with Crippen LogP contribution in [0.5, 0.6) is 0 Å². The fraction of sp³-hybridized carbons (Fsp3) is 0.250. The van der Waals surface area contributed by atoms with Crippen LogP contribution in [0.15, 0.2) is 34.9 Å². The van der Waals surface area contributed by atoms with Crippen molar-refractivity contribution in [2.45, 2.75) is 19.1 Å². The largest absolute Gasteiger partial charge is 0.444 e. The van der Waals surface area contributed by atoms with E-state index in [1.165, 1.54) is 18.3 Å². The second-order valence-electron chi connectivity index (χ2n) is 3.76. The van der Waals surface area contributed by atoms with Crippen molar-refractivity contribution in [3.05, 3.63) is 53.2 Å². The molecule has 1 aromatic heterocycles. The average molecular weight is 256 g/mol. The zero-order valence-electron chi connectivity index (χ0n) is 9.37. The maximum Gasteiger partial charge on any atom is 0.416 e. The van der Waals surface area contributed by atoms with Crippen LogP contribution < -0.4 is 5.73 Å². The van der Waals surface area contributed by atoms with E-state index >= 15 is 0 Å². The van der Waals surface area contributed by atoms with Crippen LogP contribution in [-0.2, 0) is 19.1 Å². The quantitative estimate of drug-likeness (QED) is 0.918. The van der Waals surface area contributed by atoms with Crippen molar-refractivity contribution in [2.75, 3.05) is 0 Å². The van der Waals surface area contributed by atoms with Gasteiger partial charge in [0, 0.05) is 6.42 Å². The molecule has 96 valence electrons. The third kappa shape index (κ3) is 2.70. The highest BCUT2D eigenvalue weighted by atomic mass is 19.4. The number of hydrogen-bond donors (Lipinski definition) is 1. The van der Waals surface area contributed by atoms with Crippen LogP contribution in [0, 0.1) is 0 Å². The Balaban J connectivity index is 2.29. The van der Waals surface area contributed by atoms with Gasteiger partial charge < -0.3 is 10.2 Å². The van der Waals surface area contributed by atoms with Crippen LogP contribution >= 0.6 is 0 Å². The molecule has 0 radical (unpaired) electrons. The van der Waals surface area contributed by atoms with Gasteiger partial charge in [0.15, 0.2) is 5.89 Å². The molecular formula is C12H11F3N2O. The van der Waals surface area contributed by atoms with Gasteiger partial charge in [0.25, 0.3) is 0 Å². The molecule has 1 heterocycles. The molecule has 6 heteroatoms. The summed E-state index contributed by atoms with van der Waals surface area (Å²) in [6.07, 6.45) is -2.96. The van der Waals surface area contributed by atoms with E-state index in [2.05, 4.69) is 4.98 Å². The van der Waals surface area contributed by atoms with E-state index in [0.29, 0.717) is 5.76 Å². The maximum absolute atomic E-state index is 12.8. The first-order valence-corrected chi connectivity index (χ1v) is 5.29. The second-order valence-corrected chi connectivity index (χ2v) is 3.76. The molecule has 2 rings (SSSR count). The Labute approximate surface area is 101 Å². The minimum absolute atomic E-state index is 0.00428. The van der Waals surface area contributed by atoms with Crippen molar-refractivity contribution in [1.82, 2.24) is 4.98 Å². The lowest BCUT2D eigenvalue weighted by molar-refractivity contribution is -0.138. The standard InChI is InChI=1S/C12H11F3N2O/c13-12(14,15)10-4-2-1-3-8(10)5-11-17-7-9(6-16)18-11/h1-4,7H,5-6,16H2. The summed E-state index contributed by atoms with van der Waals surface area (Å²) in [6.45, 7) is 0.175. The molecule has 0 spiro atoms. The maximum atomic E-state index is 12.8. The molecule has 0 amide bonds. The van der Waals surface area contributed by atoms with Gasteiger partial charge in [-0.05, 0) is 11.6 Å². The lowest BCUT2D eigenvalue weighted by Crippen LogP contribution is -2.09. The summed E-state index contributed by atoms with van der Waals surface area (Å²) < 4.78 is 43.5. The molecule has 0 saturated heterocycles. The van der Waals surface area contributed by atoms with Crippen molar-refractivity contribution in [2.24, 2.45) is 5.73 Å². The monoisotopic (exact) mass is 256 g/mol. The second kappa shape index (κ2) is 4.81. The molecule has 2 aromatic rings. The lowest BCUT2D eigenvalue weighted by atomic mass is 10.0. The minimum atomic E-state index is -4.38. The first kappa shape index (κ1) is 12.6. The van der Waals surface area contributed by atoms with Crippen LogP contribution in [0.1, 0.15) is 22.8 Å². The van der Waals surface area contributed by atoms with E-state index in [-0.39, 0.29) is 24.4 Å². The van der Waals surface area contributed by atoms with Crippen molar-refractivity contribution in [3.8, 4) is 0 Å². The van der Waals surface area contributed by atoms with Gasteiger partial charge in [0.1, 0.15) is 5.76 Å². The number of aromatic nitrogens is 1. The molecule has 3 nitrogen and oxygen atoms in total. The van der Waals surface area contributed by atoms with Crippen molar-refractivity contribution >= 4 is 0 Å². The number of nitrogens with zero attached hydrogens (tertiary/aromatic N) is 1. The summed E-state index contributed by atoms with van der Waals surface area (Å²) in [5.74, 6) is 0.682. The Hall–Kier alpha value is -1.82. The van der Waals surface area contributed by atoms with Crippen molar-refractivity contribution in [3.63, 3.8) is 0 Å². The van der Waals surface area contributed by atoms with Crippen LogP contribution in [0.25, 0.3) is 0 Å². The third-order valence-corrected chi connectivity index (χ3v) is 2.47. The number of benzene rings is 1. The molecule has 0 aliphatic rings. The van der Waals surface area contributed by atoms with Crippen LogP contribution in [-0.4, -0.2) is 4.98 Å². The van der Waals surface area contributed by atoms with Gasteiger partial charge in [0.05, 0.1) is 18.3 Å². The number of rotatable bonds is 3. The predicted octanol–water partition coefficient (Wildman–Crippen LogP) is 2.74. The highest BCUT2D eigenvalue weighted by Gasteiger charge is 2.33. The van der Waals surface area contributed by atoms with Crippen molar-refractivity contribution < 1.29 is 17.6 Å². The minimum Gasteiger partial charge on any atom is -0.444 e. The summed E-state index contributed by atoms with van der Waals surface area (Å²) in [5, 5.41) is 0. The Morgan fingerprint density at radius 1 is 1.22 bits per heavy atom. The van der Waals surface area contributed by atoms with Crippen LogP contribution in [0.2, 0.25) is 0 Å². The molecule has 0 aliphatic heterocycles. The van der Waals surface area contributed by atoms with E-state index in [0.717, 1.165) is 6.07 Å². The van der Waals surface area contributed by atoms with Gasteiger partial charge in [-0.1, -0.05) is 18.2 Å². The summed E-state index contributed by atoms with van der Waals surface area (Å²) in [7, 11) is 0. The zero-order chi connectivity index (χ0) is 13.2. The number of halogens is 3. The number of nitrogens with two attached hydrogens (primary N) is 1. The fourth-order valence-corrected chi connectivity index (χ4v) is 1.64. The predicted molar refractivity (Wildman–Crippen MR) is 58.6 cm³/mol. The van der Waals surface area contributed by atoms with Gasteiger partial charge in [0.2, 0.25) is 0 Å². The molecule has 18 heavy (non-hydrogen) atoms. The molecule has 0 atom stereocenters. The molecule has 0 saturated carbocycles. The van der Waals surface area contributed by atoms with E-state index in [1.807, 2.05) is 0 Å². The Bertz CT molecular complexity index is 534. The van der Waals surface area contributed by atoms with Gasteiger partial charge >= 0.3 is 6.18 Å². The molecule has 0 fully saturated rings. The van der Waals surface area contributed by atoms with E-state index in [4.69, 9.17) is 10.2 Å². The summed E-state index contributed by atoms with van der Waals surface area (Å²) in [5.41, 5.74) is 4.81. The highest BCUT2D eigenvalue weighted by molar-refractivity contribution is 5.31. The third-order valence-electron chi connectivity index (χ3n) is 2.47. The molecule has 2 N–H and O–H groups in total. The van der Waals surface area contributed by atoms with E-state index < -0.39 is 11.7 Å². The number of alkyl halides is 3. The highest BCUT2D eigenvalue weighted by Crippen LogP contribution is 2.32. The lowest BCUT2D eigenvalue weighted by Gasteiger charge is -2.11. The van der Waals surface area contributed by atoms with Crippen LogP contribution in [0.4, 0.5) is 13.2 Å². The molecule has 0 aliphatic carbocycles. The smallest absolute Gasteiger partial charge is 0.416 e.